The third-order valence-electron chi connectivity index (χ3n) is 2.96. The number of nitrogens with one attached hydrogen (secondary N) is 1. The third kappa shape index (κ3) is 3.12. The van der Waals surface area contributed by atoms with Crippen molar-refractivity contribution in [3.05, 3.63) is 46.3 Å². The highest BCUT2D eigenvalue weighted by Gasteiger charge is 2.23. The van der Waals surface area contributed by atoms with Gasteiger partial charge in [-0.1, -0.05) is 19.9 Å². The van der Waals surface area contributed by atoms with E-state index in [1.807, 2.05) is 11.4 Å². The average molecular weight is 275 g/mol. The fraction of sp³-hybridized carbons (Fsp3) is 0.286. The van der Waals surface area contributed by atoms with E-state index in [0.717, 1.165) is 0 Å². The van der Waals surface area contributed by atoms with Crippen LogP contribution in [-0.4, -0.2) is 17.4 Å². The van der Waals surface area contributed by atoms with Gasteiger partial charge in [0.25, 0.3) is 5.91 Å². The number of carbonyl (C=O) groups excluding carboxylic acids is 1. The molecule has 1 amide bonds. The third-order valence-corrected chi connectivity index (χ3v) is 4.20. The van der Waals surface area contributed by atoms with Gasteiger partial charge in [-0.25, -0.2) is 4.98 Å². The highest BCUT2D eigenvalue weighted by atomic mass is 32.1. The molecule has 0 fully saturated rings. The van der Waals surface area contributed by atoms with E-state index in [0.29, 0.717) is 12.1 Å². The minimum Gasteiger partial charge on any atom is -0.383 e. The van der Waals surface area contributed by atoms with Crippen molar-refractivity contribution in [3.8, 4) is 0 Å². The lowest BCUT2D eigenvalue weighted by molar-refractivity contribution is 0.0946. The summed E-state index contributed by atoms with van der Waals surface area (Å²) in [5, 5.41) is 4.96. The number of nitrogens with zero attached hydrogens (tertiary/aromatic N) is 1. The second-order valence-corrected chi connectivity index (χ2v) is 5.93. The summed E-state index contributed by atoms with van der Waals surface area (Å²) in [6.45, 7) is 4.76. The summed E-state index contributed by atoms with van der Waals surface area (Å²) in [5.74, 6) is 0.0733. The van der Waals surface area contributed by atoms with Gasteiger partial charge in [-0.15, -0.1) is 11.3 Å². The van der Waals surface area contributed by atoms with Crippen LogP contribution in [-0.2, 0) is 5.41 Å². The molecule has 3 N–H and O–H groups in total. The van der Waals surface area contributed by atoms with Crippen molar-refractivity contribution in [2.24, 2.45) is 0 Å². The molecule has 4 nitrogen and oxygen atoms in total. The first-order valence-electron chi connectivity index (χ1n) is 6.03. The first-order valence-corrected chi connectivity index (χ1v) is 6.91. The summed E-state index contributed by atoms with van der Waals surface area (Å²) < 4.78 is 0. The first kappa shape index (κ1) is 13.5. The van der Waals surface area contributed by atoms with Crippen molar-refractivity contribution in [2.45, 2.75) is 19.3 Å². The SMILES string of the molecule is CC(C)(CNC(=O)c1cccnc1N)c1cccs1. The largest absolute Gasteiger partial charge is 0.383 e. The lowest BCUT2D eigenvalue weighted by Crippen LogP contribution is -2.36. The number of anilines is 1. The Morgan fingerprint density at radius 1 is 1.42 bits per heavy atom. The topological polar surface area (TPSA) is 68.0 Å². The Kier molecular flexibility index (Phi) is 3.85. The van der Waals surface area contributed by atoms with E-state index < -0.39 is 0 Å². The van der Waals surface area contributed by atoms with Crippen LogP contribution in [0.3, 0.4) is 0 Å². The molecule has 0 aliphatic rings. The highest BCUT2D eigenvalue weighted by molar-refractivity contribution is 7.10. The predicted molar refractivity (Wildman–Crippen MR) is 78.3 cm³/mol. The second kappa shape index (κ2) is 5.40. The molecule has 0 saturated heterocycles. The minimum absolute atomic E-state index is 0.0964. The molecule has 2 heterocycles. The molecule has 19 heavy (non-hydrogen) atoms. The van der Waals surface area contributed by atoms with Gasteiger partial charge in [0.15, 0.2) is 0 Å². The Hall–Kier alpha value is -1.88. The van der Waals surface area contributed by atoms with Crippen LogP contribution in [0, 0.1) is 0 Å². The number of aromatic nitrogens is 1. The van der Waals surface area contributed by atoms with Gasteiger partial charge in [-0.05, 0) is 23.6 Å². The molecule has 0 aliphatic carbocycles. The number of nitrogen functional groups attached to an aromatic ring is 1. The molecule has 100 valence electrons. The molecule has 0 aliphatic heterocycles. The van der Waals surface area contributed by atoms with Gasteiger partial charge in [0.1, 0.15) is 5.82 Å². The van der Waals surface area contributed by atoms with Crippen molar-refractivity contribution >= 4 is 23.1 Å². The zero-order chi connectivity index (χ0) is 13.9. The van der Waals surface area contributed by atoms with E-state index in [1.165, 1.54) is 4.88 Å². The van der Waals surface area contributed by atoms with E-state index in [2.05, 4.69) is 30.2 Å². The maximum Gasteiger partial charge on any atom is 0.255 e. The molecule has 0 atom stereocenters. The van der Waals surface area contributed by atoms with Crippen LogP contribution < -0.4 is 11.1 Å². The smallest absolute Gasteiger partial charge is 0.255 e. The molecule has 2 aromatic heterocycles. The maximum atomic E-state index is 12.1. The Bertz CT molecular complexity index is 564. The van der Waals surface area contributed by atoms with Gasteiger partial charge in [-0.3, -0.25) is 4.79 Å². The number of pyridine rings is 1. The monoisotopic (exact) mass is 275 g/mol. The standard InChI is InChI=1S/C14H17N3OS/c1-14(2,11-6-4-8-19-11)9-17-13(18)10-5-3-7-16-12(10)15/h3-8H,9H2,1-2H3,(H2,15,16)(H,17,18). The summed E-state index contributed by atoms with van der Waals surface area (Å²) in [7, 11) is 0. The number of hydrogen-bond acceptors (Lipinski definition) is 4. The van der Waals surface area contributed by atoms with E-state index in [-0.39, 0.29) is 17.1 Å². The maximum absolute atomic E-state index is 12.1. The zero-order valence-corrected chi connectivity index (χ0v) is 11.8. The molecule has 0 unspecified atom stereocenters. The fourth-order valence-corrected chi connectivity index (χ4v) is 2.61. The number of thiophene rings is 1. The quantitative estimate of drug-likeness (QED) is 0.900. The fourth-order valence-electron chi connectivity index (χ4n) is 1.76. The van der Waals surface area contributed by atoms with E-state index in [9.17, 15) is 4.79 Å². The molecule has 2 rings (SSSR count). The molecule has 0 spiro atoms. The van der Waals surface area contributed by atoms with Crippen LogP contribution >= 0.6 is 11.3 Å². The van der Waals surface area contributed by atoms with Crippen LogP contribution in [0.1, 0.15) is 29.1 Å². The zero-order valence-electron chi connectivity index (χ0n) is 11.0. The van der Waals surface area contributed by atoms with Gasteiger partial charge >= 0.3 is 0 Å². The summed E-state index contributed by atoms with van der Waals surface area (Å²) in [5.41, 5.74) is 6.01. The molecule has 0 bridgehead atoms. The Morgan fingerprint density at radius 3 is 2.84 bits per heavy atom. The summed E-state index contributed by atoms with van der Waals surface area (Å²) in [6, 6.07) is 7.48. The van der Waals surface area contributed by atoms with Gasteiger partial charge in [0.2, 0.25) is 0 Å². The van der Waals surface area contributed by atoms with Gasteiger partial charge < -0.3 is 11.1 Å². The van der Waals surface area contributed by atoms with Crippen molar-refractivity contribution in [2.75, 3.05) is 12.3 Å². The number of nitrogens with two attached hydrogens (primary N) is 1. The van der Waals surface area contributed by atoms with E-state index in [1.54, 1.807) is 29.7 Å². The first-order chi connectivity index (χ1) is 9.00. The number of rotatable bonds is 4. The summed E-state index contributed by atoms with van der Waals surface area (Å²) in [6.07, 6.45) is 1.57. The molecule has 0 saturated carbocycles. The van der Waals surface area contributed by atoms with Crippen molar-refractivity contribution in [1.82, 2.24) is 10.3 Å². The number of hydrogen-bond donors (Lipinski definition) is 2. The molecular weight excluding hydrogens is 258 g/mol. The molecule has 5 heteroatoms. The average Bonchev–Trinajstić information content (AvgIpc) is 2.91. The van der Waals surface area contributed by atoms with Crippen molar-refractivity contribution in [3.63, 3.8) is 0 Å². The number of amides is 1. The number of carbonyl (C=O) groups is 1. The van der Waals surface area contributed by atoms with Gasteiger partial charge in [-0.2, -0.15) is 0 Å². The van der Waals surface area contributed by atoms with Crippen LogP contribution in [0.2, 0.25) is 0 Å². The molecule has 0 radical (unpaired) electrons. The van der Waals surface area contributed by atoms with Crippen molar-refractivity contribution < 1.29 is 4.79 Å². The lowest BCUT2D eigenvalue weighted by Gasteiger charge is -2.23. The highest BCUT2D eigenvalue weighted by Crippen LogP contribution is 2.26. The van der Waals surface area contributed by atoms with Crippen LogP contribution in [0.5, 0.6) is 0 Å². The normalized spacial score (nSPS) is 11.3. The van der Waals surface area contributed by atoms with E-state index >= 15 is 0 Å². The Balaban J connectivity index is 2.03. The van der Waals surface area contributed by atoms with Crippen LogP contribution in [0.25, 0.3) is 0 Å². The lowest BCUT2D eigenvalue weighted by atomic mass is 9.91. The predicted octanol–water partition coefficient (Wildman–Crippen LogP) is 2.43. The Labute approximate surface area is 116 Å². The van der Waals surface area contributed by atoms with E-state index in [4.69, 9.17) is 5.73 Å². The Morgan fingerprint density at radius 2 is 2.21 bits per heavy atom. The van der Waals surface area contributed by atoms with Gasteiger partial charge in [0.05, 0.1) is 5.56 Å². The summed E-state index contributed by atoms with van der Waals surface area (Å²) in [4.78, 5) is 17.2. The van der Waals surface area contributed by atoms with Crippen LogP contribution in [0.15, 0.2) is 35.8 Å². The minimum atomic E-state index is -0.185. The summed E-state index contributed by atoms with van der Waals surface area (Å²) >= 11 is 1.69. The second-order valence-electron chi connectivity index (χ2n) is 4.98. The van der Waals surface area contributed by atoms with Crippen LogP contribution in [0.4, 0.5) is 5.82 Å². The molecule has 2 aromatic rings. The van der Waals surface area contributed by atoms with Gasteiger partial charge in [0, 0.05) is 23.0 Å². The van der Waals surface area contributed by atoms with Crippen molar-refractivity contribution in [1.29, 1.82) is 0 Å². The molecule has 0 aromatic carbocycles. The molecular formula is C14H17N3OS.